The van der Waals surface area contributed by atoms with Crippen LogP contribution >= 0.6 is 0 Å². The maximum Gasteiger partial charge on any atom is 0.246 e. The van der Waals surface area contributed by atoms with Gasteiger partial charge in [0.05, 0.1) is 6.42 Å². The summed E-state index contributed by atoms with van der Waals surface area (Å²) in [6, 6.07) is 0. The lowest BCUT2D eigenvalue weighted by Crippen LogP contribution is -2.34. The van der Waals surface area contributed by atoms with Gasteiger partial charge in [0.25, 0.3) is 0 Å². The number of nitrogens with one attached hydrogen (secondary N) is 1. The zero-order valence-corrected chi connectivity index (χ0v) is 6.62. The van der Waals surface area contributed by atoms with E-state index in [2.05, 4.69) is 11.9 Å². The molecule has 5 heteroatoms. The minimum atomic E-state index is -1.41. The van der Waals surface area contributed by atoms with Crippen LogP contribution in [-0.4, -0.2) is 29.6 Å². The number of primary amides is 1. The molecule has 0 aliphatic heterocycles. The quantitative estimate of drug-likeness (QED) is 0.442. The van der Waals surface area contributed by atoms with E-state index in [0.717, 1.165) is 0 Å². The average Bonchev–Trinajstić information content (AvgIpc) is 2.00. The molecule has 1 atom stereocenters. The second-order valence-electron chi connectivity index (χ2n) is 2.22. The van der Waals surface area contributed by atoms with Crippen LogP contribution in [0.3, 0.4) is 0 Å². The van der Waals surface area contributed by atoms with Crippen molar-refractivity contribution in [3.8, 4) is 0 Å². The Balaban J connectivity index is 3.68. The third kappa shape index (κ3) is 4.45. The van der Waals surface area contributed by atoms with E-state index >= 15 is 0 Å². The molecule has 4 N–H and O–H groups in total. The summed E-state index contributed by atoms with van der Waals surface area (Å²) in [5.41, 5.74) is 4.72. The molecule has 5 nitrogen and oxygen atoms in total. The molecular formula is C7H12N2O3. The lowest BCUT2D eigenvalue weighted by Gasteiger charge is -2.05. The summed E-state index contributed by atoms with van der Waals surface area (Å²) in [7, 11) is 0. The van der Waals surface area contributed by atoms with Gasteiger partial charge in [-0.1, -0.05) is 6.08 Å². The number of carbonyl (C=O) groups excluding carboxylic acids is 2. The van der Waals surface area contributed by atoms with Crippen molar-refractivity contribution in [3.63, 3.8) is 0 Å². The fraction of sp³-hybridized carbons (Fsp3) is 0.429. The molecule has 2 amide bonds. The van der Waals surface area contributed by atoms with Crippen molar-refractivity contribution < 1.29 is 14.7 Å². The number of hydrogen-bond acceptors (Lipinski definition) is 3. The Kier molecular flexibility index (Phi) is 4.71. The summed E-state index contributed by atoms with van der Waals surface area (Å²) in [4.78, 5) is 21.1. The van der Waals surface area contributed by atoms with E-state index in [9.17, 15) is 9.59 Å². The molecule has 0 aliphatic rings. The molecule has 0 aromatic heterocycles. The topological polar surface area (TPSA) is 92.4 Å². The second kappa shape index (κ2) is 5.31. The predicted molar refractivity (Wildman–Crippen MR) is 43.0 cm³/mol. The Morgan fingerprint density at radius 1 is 1.67 bits per heavy atom. The van der Waals surface area contributed by atoms with Gasteiger partial charge in [0.1, 0.15) is 6.10 Å². The van der Waals surface area contributed by atoms with E-state index < -0.39 is 17.9 Å². The highest BCUT2D eigenvalue weighted by molar-refractivity contribution is 5.86. The molecule has 0 heterocycles. The number of carbonyl (C=O) groups is 2. The first-order chi connectivity index (χ1) is 5.57. The Labute approximate surface area is 70.2 Å². The van der Waals surface area contributed by atoms with Crippen molar-refractivity contribution >= 4 is 11.8 Å². The van der Waals surface area contributed by atoms with Crippen LogP contribution in [0.4, 0.5) is 0 Å². The van der Waals surface area contributed by atoms with E-state index in [1.54, 1.807) is 0 Å². The highest BCUT2D eigenvalue weighted by Crippen LogP contribution is 1.89. The van der Waals surface area contributed by atoms with Crippen LogP contribution in [0.5, 0.6) is 0 Å². The number of nitrogens with two attached hydrogens (primary N) is 1. The van der Waals surface area contributed by atoms with Gasteiger partial charge < -0.3 is 16.2 Å². The van der Waals surface area contributed by atoms with Crippen molar-refractivity contribution in [1.29, 1.82) is 0 Å². The summed E-state index contributed by atoms with van der Waals surface area (Å²) in [6.45, 7) is 3.69. The van der Waals surface area contributed by atoms with Crippen molar-refractivity contribution in [2.45, 2.75) is 12.5 Å². The molecule has 0 rings (SSSR count). The lowest BCUT2D eigenvalue weighted by atomic mass is 10.2. The molecule has 0 aromatic rings. The Morgan fingerprint density at radius 3 is 2.67 bits per heavy atom. The minimum Gasteiger partial charge on any atom is -0.383 e. The molecule has 0 saturated heterocycles. The lowest BCUT2D eigenvalue weighted by molar-refractivity contribution is -0.132. The van der Waals surface area contributed by atoms with Crippen LogP contribution in [0.15, 0.2) is 12.7 Å². The average molecular weight is 172 g/mol. The highest BCUT2D eigenvalue weighted by atomic mass is 16.3. The summed E-state index contributed by atoms with van der Waals surface area (Å²) in [5.74, 6) is -1.33. The van der Waals surface area contributed by atoms with E-state index in [1.165, 1.54) is 6.08 Å². The maximum absolute atomic E-state index is 10.8. The van der Waals surface area contributed by atoms with Gasteiger partial charge in [-0.3, -0.25) is 9.59 Å². The van der Waals surface area contributed by atoms with Gasteiger partial charge in [-0.25, -0.2) is 0 Å². The second-order valence-corrected chi connectivity index (χ2v) is 2.22. The molecule has 0 fully saturated rings. The summed E-state index contributed by atoms with van der Waals surface area (Å²) >= 11 is 0. The smallest absolute Gasteiger partial charge is 0.246 e. The molecule has 0 saturated carbocycles. The number of aliphatic hydroxyl groups excluding tert-OH is 1. The molecule has 68 valence electrons. The third-order valence-electron chi connectivity index (χ3n) is 1.15. The number of hydrogen-bond donors (Lipinski definition) is 3. The zero-order valence-electron chi connectivity index (χ0n) is 6.62. The molecule has 12 heavy (non-hydrogen) atoms. The van der Waals surface area contributed by atoms with Crippen molar-refractivity contribution in [3.05, 3.63) is 12.7 Å². The monoisotopic (exact) mass is 172 g/mol. The molecule has 0 aliphatic carbocycles. The molecule has 0 bridgehead atoms. The molecular weight excluding hydrogens is 160 g/mol. The third-order valence-corrected chi connectivity index (χ3v) is 1.15. The molecule has 0 radical (unpaired) electrons. The molecule has 0 unspecified atom stereocenters. The number of rotatable bonds is 5. The summed E-state index contributed by atoms with van der Waals surface area (Å²) in [6.07, 6.45) is -0.215. The van der Waals surface area contributed by atoms with Crippen LogP contribution in [0.25, 0.3) is 0 Å². The maximum atomic E-state index is 10.8. The van der Waals surface area contributed by atoms with Crippen LogP contribution in [0.2, 0.25) is 0 Å². The van der Waals surface area contributed by atoms with E-state index in [4.69, 9.17) is 10.8 Å². The van der Waals surface area contributed by atoms with E-state index in [-0.39, 0.29) is 6.42 Å². The SMILES string of the molecule is C=CCNC(=O)C[C@H](O)C(N)=O. The minimum absolute atomic E-state index is 0.302. The van der Waals surface area contributed by atoms with Crippen molar-refractivity contribution in [1.82, 2.24) is 5.32 Å². The van der Waals surface area contributed by atoms with E-state index in [0.29, 0.717) is 6.54 Å². The fourth-order valence-corrected chi connectivity index (χ4v) is 0.534. The normalized spacial score (nSPS) is 11.8. The Morgan fingerprint density at radius 2 is 2.25 bits per heavy atom. The van der Waals surface area contributed by atoms with Gasteiger partial charge in [-0.2, -0.15) is 0 Å². The fourth-order valence-electron chi connectivity index (χ4n) is 0.534. The first-order valence-corrected chi connectivity index (χ1v) is 3.43. The number of aliphatic hydroxyl groups is 1. The number of amides is 2. The van der Waals surface area contributed by atoms with Crippen LogP contribution in [0.1, 0.15) is 6.42 Å². The first kappa shape index (κ1) is 10.6. The first-order valence-electron chi connectivity index (χ1n) is 3.43. The van der Waals surface area contributed by atoms with Crippen LogP contribution in [-0.2, 0) is 9.59 Å². The standard InChI is InChI=1S/C7H12N2O3/c1-2-3-9-6(11)4-5(10)7(8)12/h2,5,10H,1,3-4H2,(H2,8,12)(H,9,11)/t5-/m0/s1. The van der Waals surface area contributed by atoms with Gasteiger partial charge in [-0.15, -0.1) is 6.58 Å². The van der Waals surface area contributed by atoms with Gasteiger partial charge in [-0.05, 0) is 0 Å². The highest BCUT2D eigenvalue weighted by Gasteiger charge is 2.14. The zero-order chi connectivity index (χ0) is 9.56. The molecule has 0 aromatic carbocycles. The predicted octanol–water partition coefficient (Wildman–Crippen LogP) is -1.48. The van der Waals surface area contributed by atoms with Crippen LogP contribution in [0, 0.1) is 0 Å². The van der Waals surface area contributed by atoms with Crippen molar-refractivity contribution in [2.75, 3.05) is 6.54 Å². The van der Waals surface area contributed by atoms with Gasteiger partial charge in [0.2, 0.25) is 11.8 Å². The van der Waals surface area contributed by atoms with E-state index in [1.807, 2.05) is 0 Å². The van der Waals surface area contributed by atoms with Crippen molar-refractivity contribution in [2.24, 2.45) is 5.73 Å². The Bertz CT molecular complexity index is 191. The Hall–Kier alpha value is -1.36. The van der Waals surface area contributed by atoms with Gasteiger partial charge in [0.15, 0.2) is 0 Å². The van der Waals surface area contributed by atoms with Crippen LogP contribution < -0.4 is 11.1 Å². The summed E-state index contributed by atoms with van der Waals surface area (Å²) in [5, 5.41) is 11.2. The van der Waals surface area contributed by atoms with Gasteiger partial charge in [0, 0.05) is 6.54 Å². The van der Waals surface area contributed by atoms with Gasteiger partial charge >= 0.3 is 0 Å². The summed E-state index contributed by atoms with van der Waals surface area (Å²) < 4.78 is 0. The largest absolute Gasteiger partial charge is 0.383 e. The molecule has 0 spiro atoms.